The van der Waals surface area contributed by atoms with Crippen molar-refractivity contribution in [1.82, 2.24) is 14.8 Å². The fourth-order valence-electron chi connectivity index (χ4n) is 6.48. The van der Waals surface area contributed by atoms with E-state index in [9.17, 15) is 0 Å². The van der Waals surface area contributed by atoms with Gasteiger partial charge in [0.1, 0.15) is 5.75 Å². The standard InChI is InChI=1S/C33H35N3O/c1-37-32-15-14-28(25-16-18-34-19-17-25)21-29(32)22-35-23-30-13-8-20-36(30)31(24-35)33(26-9-4-2-5-10-26)27-11-6-3-7-12-27/h2-7,9-12,14-19,21,30-31,33H,8,13,20,22-24H2,1H3/t30-,31?/m0/s1. The lowest BCUT2D eigenvalue weighted by Gasteiger charge is -2.47. The Morgan fingerprint density at radius 2 is 1.54 bits per heavy atom. The zero-order chi connectivity index (χ0) is 25.0. The summed E-state index contributed by atoms with van der Waals surface area (Å²) in [7, 11) is 1.78. The van der Waals surface area contributed by atoms with Gasteiger partial charge in [0.15, 0.2) is 0 Å². The number of pyridine rings is 1. The average molecular weight is 490 g/mol. The summed E-state index contributed by atoms with van der Waals surface area (Å²) in [6.07, 6.45) is 6.27. The van der Waals surface area contributed by atoms with Gasteiger partial charge in [-0.15, -0.1) is 0 Å². The summed E-state index contributed by atoms with van der Waals surface area (Å²) in [5.41, 5.74) is 6.45. The van der Waals surface area contributed by atoms with Crippen molar-refractivity contribution in [2.45, 2.75) is 37.4 Å². The molecule has 2 saturated heterocycles. The fourth-order valence-corrected chi connectivity index (χ4v) is 6.48. The first-order chi connectivity index (χ1) is 18.3. The highest BCUT2D eigenvalue weighted by Crippen LogP contribution is 2.38. The summed E-state index contributed by atoms with van der Waals surface area (Å²) in [6, 6.07) is 34.0. The van der Waals surface area contributed by atoms with E-state index in [1.54, 1.807) is 7.11 Å². The van der Waals surface area contributed by atoms with Crippen LogP contribution in [-0.2, 0) is 6.54 Å². The molecular formula is C33H35N3O. The Morgan fingerprint density at radius 3 is 2.22 bits per heavy atom. The maximum Gasteiger partial charge on any atom is 0.123 e. The molecule has 2 atom stereocenters. The van der Waals surface area contributed by atoms with Crippen LogP contribution in [0.15, 0.2) is 103 Å². The molecule has 188 valence electrons. The average Bonchev–Trinajstić information content (AvgIpc) is 3.44. The van der Waals surface area contributed by atoms with Gasteiger partial charge in [0.05, 0.1) is 7.11 Å². The van der Waals surface area contributed by atoms with Crippen molar-refractivity contribution in [1.29, 1.82) is 0 Å². The lowest BCUT2D eigenvalue weighted by atomic mass is 9.82. The predicted molar refractivity (Wildman–Crippen MR) is 150 cm³/mol. The first-order valence-electron chi connectivity index (χ1n) is 13.5. The quantitative estimate of drug-likeness (QED) is 0.307. The molecule has 6 rings (SSSR count). The lowest BCUT2D eigenvalue weighted by molar-refractivity contribution is 0.0380. The van der Waals surface area contributed by atoms with Crippen LogP contribution >= 0.6 is 0 Å². The van der Waals surface area contributed by atoms with Crippen LogP contribution in [0.3, 0.4) is 0 Å². The van der Waals surface area contributed by atoms with Crippen molar-refractivity contribution in [3.8, 4) is 16.9 Å². The third-order valence-corrected chi connectivity index (χ3v) is 8.15. The summed E-state index contributed by atoms with van der Waals surface area (Å²) < 4.78 is 5.83. The van der Waals surface area contributed by atoms with E-state index in [-0.39, 0.29) is 0 Å². The number of piperazine rings is 1. The molecule has 37 heavy (non-hydrogen) atoms. The molecule has 0 aliphatic carbocycles. The molecule has 0 saturated carbocycles. The Labute approximate surface area is 220 Å². The molecule has 2 aliphatic heterocycles. The number of hydrogen-bond donors (Lipinski definition) is 0. The maximum atomic E-state index is 5.83. The van der Waals surface area contributed by atoms with Crippen LogP contribution in [0.1, 0.15) is 35.4 Å². The van der Waals surface area contributed by atoms with Crippen LogP contribution in [0, 0.1) is 0 Å². The molecule has 2 aliphatic rings. The van der Waals surface area contributed by atoms with Crippen molar-refractivity contribution >= 4 is 0 Å². The van der Waals surface area contributed by atoms with Gasteiger partial charge in [-0.3, -0.25) is 14.8 Å². The van der Waals surface area contributed by atoms with E-state index in [2.05, 4.69) is 106 Å². The molecule has 1 aromatic heterocycles. The van der Waals surface area contributed by atoms with Crippen molar-refractivity contribution in [3.05, 3.63) is 120 Å². The number of fused-ring (bicyclic) bond motifs is 1. The third-order valence-electron chi connectivity index (χ3n) is 8.15. The highest BCUT2D eigenvalue weighted by molar-refractivity contribution is 5.65. The van der Waals surface area contributed by atoms with E-state index in [4.69, 9.17) is 4.74 Å². The molecule has 1 unspecified atom stereocenters. The molecule has 0 radical (unpaired) electrons. The van der Waals surface area contributed by atoms with E-state index in [1.807, 2.05) is 12.4 Å². The predicted octanol–water partition coefficient (Wildman–Crippen LogP) is 6.24. The minimum atomic E-state index is 0.343. The van der Waals surface area contributed by atoms with Gasteiger partial charge in [-0.05, 0) is 65.9 Å². The summed E-state index contributed by atoms with van der Waals surface area (Å²) in [5.74, 6) is 1.31. The number of nitrogens with zero attached hydrogens (tertiary/aromatic N) is 3. The second kappa shape index (κ2) is 10.9. The smallest absolute Gasteiger partial charge is 0.123 e. The molecule has 3 heterocycles. The van der Waals surface area contributed by atoms with Gasteiger partial charge in [0.25, 0.3) is 0 Å². The fraction of sp³-hybridized carbons (Fsp3) is 0.303. The maximum absolute atomic E-state index is 5.83. The van der Waals surface area contributed by atoms with Gasteiger partial charge >= 0.3 is 0 Å². The molecule has 2 fully saturated rings. The van der Waals surface area contributed by atoms with Crippen LogP contribution in [0.4, 0.5) is 0 Å². The molecule has 4 aromatic rings. The minimum absolute atomic E-state index is 0.343. The van der Waals surface area contributed by atoms with Crippen LogP contribution in [-0.4, -0.2) is 53.6 Å². The lowest BCUT2D eigenvalue weighted by Crippen LogP contribution is -2.57. The van der Waals surface area contributed by atoms with Crippen LogP contribution < -0.4 is 4.74 Å². The summed E-state index contributed by atoms with van der Waals surface area (Å²) in [5, 5.41) is 0. The molecule has 0 amide bonds. The zero-order valence-corrected chi connectivity index (χ0v) is 21.5. The third kappa shape index (κ3) is 5.04. The van der Waals surface area contributed by atoms with E-state index in [1.165, 1.54) is 47.2 Å². The van der Waals surface area contributed by atoms with Crippen LogP contribution in [0.25, 0.3) is 11.1 Å². The Bertz CT molecular complexity index is 1260. The van der Waals surface area contributed by atoms with Crippen molar-refractivity contribution in [2.75, 3.05) is 26.7 Å². The second-order valence-electron chi connectivity index (χ2n) is 10.4. The van der Waals surface area contributed by atoms with E-state index >= 15 is 0 Å². The highest BCUT2D eigenvalue weighted by Gasteiger charge is 2.41. The molecular weight excluding hydrogens is 454 g/mol. The second-order valence-corrected chi connectivity index (χ2v) is 10.4. The Morgan fingerprint density at radius 1 is 0.838 bits per heavy atom. The first-order valence-corrected chi connectivity index (χ1v) is 13.5. The minimum Gasteiger partial charge on any atom is -0.496 e. The van der Waals surface area contributed by atoms with Crippen molar-refractivity contribution < 1.29 is 4.74 Å². The van der Waals surface area contributed by atoms with Gasteiger partial charge in [-0.25, -0.2) is 0 Å². The number of hydrogen-bond acceptors (Lipinski definition) is 4. The van der Waals surface area contributed by atoms with E-state index in [0.717, 1.165) is 25.4 Å². The topological polar surface area (TPSA) is 28.6 Å². The first kappa shape index (κ1) is 23.9. The molecule has 3 aromatic carbocycles. The van der Waals surface area contributed by atoms with Crippen LogP contribution in [0.5, 0.6) is 5.75 Å². The summed E-state index contributed by atoms with van der Waals surface area (Å²) >= 11 is 0. The summed E-state index contributed by atoms with van der Waals surface area (Å²) in [4.78, 5) is 9.67. The number of methoxy groups -OCH3 is 1. The normalized spacial score (nSPS) is 20.2. The van der Waals surface area contributed by atoms with Crippen molar-refractivity contribution in [3.63, 3.8) is 0 Å². The van der Waals surface area contributed by atoms with E-state index < -0.39 is 0 Å². The molecule has 0 bridgehead atoms. The van der Waals surface area contributed by atoms with Gasteiger partial charge in [-0.1, -0.05) is 66.7 Å². The van der Waals surface area contributed by atoms with Gasteiger partial charge in [0, 0.05) is 55.6 Å². The highest BCUT2D eigenvalue weighted by atomic mass is 16.5. The molecule has 4 nitrogen and oxygen atoms in total. The summed E-state index contributed by atoms with van der Waals surface area (Å²) in [6.45, 7) is 4.22. The Balaban J connectivity index is 1.33. The number of benzene rings is 3. The number of aromatic nitrogens is 1. The van der Waals surface area contributed by atoms with Crippen molar-refractivity contribution in [2.24, 2.45) is 0 Å². The molecule has 0 spiro atoms. The molecule has 0 N–H and O–H groups in total. The van der Waals surface area contributed by atoms with Gasteiger partial charge in [0.2, 0.25) is 0 Å². The van der Waals surface area contributed by atoms with Gasteiger partial charge in [-0.2, -0.15) is 0 Å². The van der Waals surface area contributed by atoms with Crippen LogP contribution in [0.2, 0.25) is 0 Å². The number of rotatable bonds is 7. The molecule has 4 heteroatoms. The Kier molecular flexibility index (Phi) is 7.03. The number of ether oxygens (including phenoxy) is 1. The zero-order valence-electron chi connectivity index (χ0n) is 21.5. The Hall–Kier alpha value is -3.47. The monoisotopic (exact) mass is 489 g/mol. The van der Waals surface area contributed by atoms with E-state index in [0.29, 0.717) is 18.0 Å². The largest absolute Gasteiger partial charge is 0.496 e. The van der Waals surface area contributed by atoms with Gasteiger partial charge < -0.3 is 4.74 Å². The SMILES string of the molecule is COc1ccc(-c2ccncc2)cc1CN1CC(C(c2ccccc2)c2ccccc2)N2CCC[C@H]2C1.